The van der Waals surface area contributed by atoms with E-state index in [2.05, 4.69) is 0 Å². The molecular weight excluding hydrogens is 290 g/mol. The van der Waals surface area contributed by atoms with E-state index in [1.165, 1.54) is 14.0 Å². The molecule has 0 aliphatic carbocycles. The highest BCUT2D eigenvalue weighted by atomic mass is 31.2. The van der Waals surface area contributed by atoms with Gasteiger partial charge in [-0.05, 0) is 33.6 Å². The first-order chi connectivity index (χ1) is 8.39. The fraction of sp³-hybridized carbons (Fsp3) is 1.00. The van der Waals surface area contributed by atoms with Crippen LogP contribution in [-0.4, -0.2) is 27.4 Å². The smallest absolute Gasteiger partial charge is 0.322 e. The van der Waals surface area contributed by atoms with Crippen LogP contribution >= 0.6 is 15.2 Å². The van der Waals surface area contributed by atoms with Crippen molar-refractivity contribution in [3.63, 3.8) is 0 Å². The maximum atomic E-state index is 12.8. The largest absolute Gasteiger partial charge is 0.357 e. The monoisotopic (exact) mass is 314 g/mol. The topological polar surface area (TPSA) is 93.1 Å². The molecule has 0 spiro atoms. The first-order valence-corrected chi connectivity index (χ1v) is 9.47. The lowest BCUT2D eigenvalue weighted by molar-refractivity contribution is 0.0146. The van der Waals surface area contributed by atoms with Gasteiger partial charge < -0.3 is 14.3 Å². The molecule has 0 radical (unpaired) electrons. The maximum Gasteiger partial charge on any atom is 0.357 e. The summed E-state index contributed by atoms with van der Waals surface area (Å²) >= 11 is 0. The second kappa shape index (κ2) is 4.66. The number of rotatable bonds is 4. The van der Waals surface area contributed by atoms with Crippen LogP contribution in [0.3, 0.4) is 0 Å². The third-order valence-electron chi connectivity index (χ3n) is 5.04. The molecule has 2 N–H and O–H groups in total. The van der Waals surface area contributed by atoms with Crippen molar-refractivity contribution in [3.8, 4) is 0 Å². The van der Waals surface area contributed by atoms with Crippen molar-refractivity contribution in [2.24, 2.45) is 5.41 Å². The van der Waals surface area contributed by atoms with Gasteiger partial charge in [-0.15, -0.1) is 0 Å². The molecule has 0 amide bonds. The van der Waals surface area contributed by atoms with E-state index >= 15 is 0 Å². The molecule has 2 unspecified atom stereocenters. The minimum absolute atomic E-state index is 0.436. The first kappa shape index (κ1) is 17.4. The Bertz CT molecular complexity index is 450. The predicted octanol–water partition coefficient (Wildman–Crippen LogP) is 3.34. The Balaban J connectivity index is 3.70. The van der Waals surface area contributed by atoms with Crippen LogP contribution in [0.2, 0.25) is 0 Å². The molecule has 0 aromatic heterocycles. The zero-order valence-corrected chi connectivity index (χ0v) is 14.1. The zero-order chi connectivity index (χ0) is 15.3. The van der Waals surface area contributed by atoms with E-state index in [4.69, 9.17) is 9.05 Å². The predicted molar refractivity (Wildman–Crippen MR) is 73.2 cm³/mol. The SMILES string of the molecule is CCC1(CC)C(C)(P(=O)(O)O)OP(=O)(OC)C1(C)C. The molecule has 1 saturated heterocycles. The van der Waals surface area contributed by atoms with Crippen molar-refractivity contribution >= 4 is 15.2 Å². The summed E-state index contributed by atoms with van der Waals surface area (Å²) in [5.74, 6) is 0. The highest BCUT2D eigenvalue weighted by molar-refractivity contribution is 7.59. The van der Waals surface area contributed by atoms with Crippen molar-refractivity contribution in [2.75, 3.05) is 7.11 Å². The fourth-order valence-corrected chi connectivity index (χ4v) is 8.08. The molecule has 1 rings (SSSR count). The van der Waals surface area contributed by atoms with Gasteiger partial charge >= 0.3 is 15.2 Å². The number of hydrogen-bond acceptors (Lipinski definition) is 4. The van der Waals surface area contributed by atoms with E-state index in [-0.39, 0.29) is 0 Å². The second-order valence-corrected chi connectivity index (χ2v) is 10.2. The Hall–Kier alpha value is 0.300. The summed E-state index contributed by atoms with van der Waals surface area (Å²) in [4.78, 5) is 19.5. The average Bonchev–Trinajstić information content (AvgIpc) is 2.42. The van der Waals surface area contributed by atoms with Crippen molar-refractivity contribution in [1.29, 1.82) is 0 Å². The van der Waals surface area contributed by atoms with Crippen LogP contribution in [0, 0.1) is 5.41 Å². The van der Waals surface area contributed by atoms with Crippen molar-refractivity contribution in [3.05, 3.63) is 0 Å². The van der Waals surface area contributed by atoms with Gasteiger partial charge in [0, 0.05) is 12.5 Å². The van der Waals surface area contributed by atoms with Gasteiger partial charge in [-0.25, -0.2) is 0 Å². The Kier molecular flexibility index (Phi) is 4.25. The summed E-state index contributed by atoms with van der Waals surface area (Å²) in [6, 6.07) is 0. The molecule has 1 heterocycles. The van der Waals surface area contributed by atoms with Crippen LogP contribution in [0.25, 0.3) is 0 Å². The molecule has 1 aliphatic rings. The van der Waals surface area contributed by atoms with Crippen LogP contribution in [-0.2, 0) is 18.2 Å². The van der Waals surface area contributed by atoms with Gasteiger partial charge in [0.2, 0.25) is 0 Å². The zero-order valence-electron chi connectivity index (χ0n) is 12.3. The van der Waals surface area contributed by atoms with Crippen molar-refractivity contribution in [1.82, 2.24) is 0 Å². The molecule has 19 heavy (non-hydrogen) atoms. The van der Waals surface area contributed by atoms with Gasteiger partial charge in [-0.1, -0.05) is 13.8 Å². The molecule has 1 fully saturated rings. The Labute approximate surface area is 114 Å². The Morgan fingerprint density at radius 2 is 1.63 bits per heavy atom. The molecule has 8 heteroatoms. The van der Waals surface area contributed by atoms with Crippen LogP contribution in [0.1, 0.15) is 47.5 Å². The summed E-state index contributed by atoms with van der Waals surface area (Å²) in [6.07, 6.45) is 0.872. The third kappa shape index (κ3) is 1.85. The van der Waals surface area contributed by atoms with Gasteiger partial charge in [-0.3, -0.25) is 13.7 Å². The molecule has 114 valence electrons. The van der Waals surface area contributed by atoms with Gasteiger partial charge in [0.25, 0.3) is 0 Å². The summed E-state index contributed by atoms with van der Waals surface area (Å²) in [7, 11) is -6.99. The summed E-state index contributed by atoms with van der Waals surface area (Å²) < 4.78 is 35.3. The van der Waals surface area contributed by atoms with E-state index < -0.39 is 31.1 Å². The summed E-state index contributed by atoms with van der Waals surface area (Å²) in [5, 5.41) is -2.79. The quantitative estimate of drug-likeness (QED) is 0.773. The van der Waals surface area contributed by atoms with E-state index in [0.29, 0.717) is 12.8 Å². The lowest BCUT2D eigenvalue weighted by atomic mass is 9.68. The fourth-order valence-electron chi connectivity index (χ4n) is 3.63. The minimum atomic E-state index is -4.63. The Morgan fingerprint density at radius 1 is 1.21 bits per heavy atom. The molecule has 6 nitrogen and oxygen atoms in total. The van der Waals surface area contributed by atoms with E-state index in [0.717, 1.165) is 0 Å². The van der Waals surface area contributed by atoms with E-state index in [1.54, 1.807) is 13.8 Å². The average molecular weight is 314 g/mol. The van der Waals surface area contributed by atoms with E-state index in [1.807, 2.05) is 13.8 Å². The first-order valence-electron chi connectivity index (χ1n) is 6.31. The van der Waals surface area contributed by atoms with Gasteiger partial charge in [0.05, 0.1) is 5.16 Å². The van der Waals surface area contributed by atoms with Crippen molar-refractivity contribution < 1.29 is 28.0 Å². The number of hydrogen-bond donors (Lipinski definition) is 2. The maximum absolute atomic E-state index is 12.8. The lowest BCUT2D eigenvalue weighted by Crippen LogP contribution is -2.51. The lowest BCUT2D eigenvalue weighted by Gasteiger charge is -2.46. The molecule has 0 saturated carbocycles. The van der Waals surface area contributed by atoms with Crippen LogP contribution in [0.4, 0.5) is 0 Å². The Morgan fingerprint density at radius 3 is 1.84 bits per heavy atom. The normalized spacial score (nSPS) is 37.5. The molecule has 0 aromatic carbocycles. The van der Waals surface area contributed by atoms with Crippen LogP contribution in [0.15, 0.2) is 0 Å². The molecule has 1 aliphatic heterocycles. The highest BCUT2D eigenvalue weighted by Crippen LogP contribution is 2.84. The van der Waals surface area contributed by atoms with Gasteiger partial charge in [-0.2, -0.15) is 0 Å². The molecular formula is C11H24O6P2. The standard InChI is InChI=1S/C11H24O6P2/c1-7-11(8-2)9(3,4)19(15,16-6)17-10(11,5)18(12,13)14/h7-8H2,1-6H3,(H2,12,13,14). The van der Waals surface area contributed by atoms with E-state index in [9.17, 15) is 18.9 Å². The molecule has 0 bridgehead atoms. The highest BCUT2D eigenvalue weighted by Gasteiger charge is 2.77. The van der Waals surface area contributed by atoms with Crippen LogP contribution < -0.4 is 0 Å². The third-order valence-corrected chi connectivity index (χ3v) is 9.70. The van der Waals surface area contributed by atoms with Gasteiger partial charge in [0.1, 0.15) is 0 Å². The minimum Gasteiger partial charge on any atom is -0.322 e. The summed E-state index contributed by atoms with van der Waals surface area (Å²) in [6.45, 7) is 8.40. The molecule has 0 aromatic rings. The van der Waals surface area contributed by atoms with Gasteiger partial charge in [0.15, 0.2) is 5.34 Å². The van der Waals surface area contributed by atoms with Crippen molar-refractivity contribution in [2.45, 2.75) is 58.0 Å². The molecule has 2 atom stereocenters. The second-order valence-electron chi connectivity index (χ2n) is 5.65. The van der Waals surface area contributed by atoms with Crippen LogP contribution in [0.5, 0.6) is 0 Å². The summed E-state index contributed by atoms with van der Waals surface area (Å²) in [5.41, 5.74) is -0.926.